The highest BCUT2D eigenvalue weighted by Crippen LogP contribution is 2.64. The van der Waals surface area contributed by atoms with Gasteiger partial charge in [0.15, 0.2) is 0 Å². The number of benzene rings is 1. The van der Waals surface area contributed by atoms with Crippen LogP contribution in [-0.2, 0) is 0 Å². The minimum absolute atomic E-state index is 0.110. The van der Waals surface area contributed by atoms with Gasteiger partial charge in [0.2, 0.25) is 0 Å². The van der Waals surface area contributed by atoms with Crippen molar-refractivity contribution >= 4 is 0 Å². The third-order valence-electron chi connectivity index (χ3n) is 9.18. The number of fused-ring (bicyclic) bond motifs is 4. The highest BCUT2D eigenvalue weighted by molar-refractivity contribution is 5.38. The Hall–Kier alpha value is -1.56. The Balaban J connectivity index is 1.45. The molecule has 1 aromatic rings. The van der Waals surface area contributed by atoms with E-state index in [1.165, 1.54) is 11.1 Å². The molecule has 2 nitrogen and oxygen atoms in total. The summed E-state index contributed by atoms with van der Waals surface area (Å²) in [5.74, 6) is 7.68. The summed E-state index contributed by atoms with van der Waals surface area (Å²) in [7, 11) is 0. The third-order valence-corrected chi connectivity index (χ3v) is 9.18. The van der Waals surface area contributed by atoms with Crippen LogP contribution in [0.2, 0.25) is 0 Å². The van der Waals surface area contributed by atoms with Gasteiger partial charge in [-0.05, 0) is 93.6 Å². The maximum absolute atomic E-state index is 11.7. The van der Waals surface area contributed by atoms with Crippen molar-refractivity contribution in [2.45, 2.75) is 88.8 Å². The number of allylic oxidation sites excluding steroid dienone is 1. The van der Waals surface area contributed by atoms with Crippen molar-refractivity contribution in [3.05, 3.63) is 47.0 Å². The van der Waals surface area contributed by atoms with Gasteiger partial charge < -0.3 is 10.2 Å². The van der Waals surface area contributed by atoms with Crippen LogP contribution in [0.4, 0.5) is 0 Å². The average Bonchev–Trinajstić information content (AvgIpc) is 2.99. The summed E-state index contributed by atoms with van der Waals surface area (Å²) in [6.45, 7) is 4.13. The van der Waals surface area contributed by atoms with Gasteiger partial charge in [-0.3, -0.25) is 0 Å². The standard InChI is InChI=1S/C27H34O2/c1-3-14-27(29)17-13-23-21-12-16-26(28)18-20(19-7-5-4-6-8-19)9-10-24(26)22(21)11-15-25(23,27)2/h4-8,20-21,23,28-29H,9-13,15-18H2,1-2H3/t20?,21-,23+,25+,26-,27+/m1/s1. The second-order valence-corrected chi connectivity index (χ2v) is 10.3. The Morgan fingerprint density at radius 3 is 2.52 bits per heavy atom. The van der Waals surface area contributed by atoms with Gasteiger partial charge in [0.25, 0.3) is 0 Å². The molecule has 3 saturated carbocycles. The molecular weight excluding hydrogens is 356 g/mol. The predicted octanol–water partition coefficient (Wildman–Crippen LogP) is 5.36. The Kier molecular flexibility index (Phi) is 4.50. The molecule has 1 aromatic carbocycles. The van der Waals surface area contributed by atoms with Crippen molar-refractivity contribution in [3.63, 3.8) is 0 Å². The molecule has 0 saturated heterocycles. The topological polar surface area (TPSA) is 40.5 Å². The maximum atomic E-state index is 11.7. The van der Waals surface area contributed by atoms with E-state index in [4.69, 9.17) is 0 Å². The van der Waals surface area contributed by atoms with Gasteiger partial charge in [-0.1, -0.05) is 48.7 Å². The number of rotatable bonds is 1. The van der Waals surface area contributed by atoms with E-state index >= 15 is 0 Å². The molecule has 0 spiro atoms. The number of aliphatic hydroxyl groups is 2. The van der Waals surface area contributed by atoms with Crippen LogP contribution in [0.15, 0.2) is 41.5 Å². The first-order valence-electron chi connectivity index (χ1n) is 11.6. The quantitative estimate of drug-likeness (QED) is 0.501. The van der Waals surface area contributed by atoms with Crippen LogP contribution in [0.1, 0.15) is 83.1 Å². The Morgan fingerprint density at radius 2 is 1.76 bits per heavy atom. The van der Waals surface area contributed by atoms with Crippen LogP contribution in [0.3, 0.4) is 0 Å². The predicted molar refractivity (Wildman–Crippen MR) is 116 cm³/mol. The normalized spacial score (nSPS) is 43.7. The molecule has 154 valence electrons. The number of hydrogen-bond acceptors (Lipinski definition) is 2. The lowest BCUT2D eigenvalue weighted by atomic mass is 9.53. The fourth-order valence-corrected chi connectivity index (χ4v) is 7.60. The lowest BCUT2D eigenvalue weighted by Crippen LogP contribution is -2.51. The molecule has 2 heteroatoms. The SMILES string of the molecule is CC#C[C@]1(O)CC[C@H]2[C@@H]3CC[C@@]4(O)CC(c5ccccc5)CCC4=C3CC[C@@]21C. The van der Waals surface area contributed by atoms with E-state index in [1.54, 1.807) is 5.57 Å². The monoisotopic (exact) mass is 390 g/mol. The lowest BCUT2D eigenvalue weighted by Gasteiger charge is -2.53. The molecule has 2 N–H and O–H groups in total. The first-order valence-corrected chi connectivity index (χ1v) is 11.6. The molecule has 0 amide bonds. The summed E-state index contributed by atoms with van der Waals surface area (Å²) in [4.78, 5) is 0. The minimum Gasteiger partial charge on any atom is -0.385 e. The summed E-state index contributed by atoms with van der Waals surface area (Å²) >= 11 is 0. The lowest BCUT2D eigenvalue weighted by molar-refractivity contribution is -0.0568. The Labute approximate surface area is 175 Å². The molecule has 0 bridgehead atoms. The maximum Gasteiger partial charge on any atom is 0.131 e. The molecule has 0 aromatic heterocycles. The molecule has 0 aliphatic heterocycles. The molecule has 3 fully saturated rings. The highest BCUT2D eigenvalue weighted by atomic mass is 16.3. The molecule has 5 rings (SSSR count). The van der Waals surface area contributed by atoms with Gasteiger partial charge in [-0.25, -0.2) is 0 Å². The first-order chi connectivity index (χ1) is 13.9. The zero-order chi connectivity index (χ0) is 20.3. The fraction of sp³-hybridized carbons (Fsp3) is 0.630. The van der Waals surface area contributed by atoms with Crippen molar-refractivity contribution in [2.24, 2.45) is 17.3 Å². The van der Waals surface area contributed by atoms with Crippen molar-refractivity contribution < 1.29 is 10.2 Å². The number of hydrogen-bond donors (Lipinski definition) is 2. The van der Waals surface area contributed by atoms with Crippen molar-refractivity contribution in [1.29, 1.82) is 0 Å². The molecule has 29 heavy (non-hydrogen) atoms. The van der Waals surface area contributed by atoms with Crippen LogP contribution in [-0.4, -0.2) is 21.4 Å². The molecule has 4 aliphatic carbocycles. The van der Waals surface area contributed by atoms with E-state index in [0.717, 1.165) is 57.8 Å². The molecule has 0 radical (unpaired) electrons. The van der Waals surface area contributed by atoms with E-state index in [0.29, 0.717) is 17.8 Å². The van der Waals surface area contributed by atoms with E-state index in [-0.39, 0.29) is 5.41 Å². The fourth-order valence-electron chi connectivity index (χ4n) is 7.60. The zero-order valence-corrected chi connectivity index (χ0v) is 17.9. The Bertz CT molecular complexity index is 890. The van der Waals surface area contributed by atoms with Gasteiger partial charge in [0.05, 0.1) is 5.60 Å². The van der Waals surface area contributed by atoms with Gasteiger partial charge in [0.1, 0.15) is 5.60 Å². The minimum atomic E-state index is -0.832. The summed E-state index contributed by atoms with van der Waals surface area (Å²) in [6.07, 6.45) is 8.88. The largest absolute Gasteiger partial charge is 0.385 e. The summed E-state index contributed by atoms with van der Waals surface area (Å²) in [5, 5.41) is 23.1. The van der Waals surface area contributed by atoms with Crippen LogP contribution in [0.25, 0.3) is 0 Å². The van der Waals surface area contributed by atoms with Gasteiger partial charge >= 0.3 is 0 Å². The van der Waals surface area contributed by atoms with Gasteiger partial charge in [-0.2, -0.15) is 0 Å². The molecule has 0 heterocycles. The van der Waals surface area contributed by atoms with E-state index in [9.17, 15) is 10.2 Å². The van der Waals surface area contributed by atoms with Gasteiger partial charge in [-0.15, -0.1) is 5.92 Å². The second-order valence-electron chi connectivity index (χ2n) is 10.3. The summed E-state index contributed by atoms with van der Waals surface area (Å²) in [5.41, 5.74) is 2.75. The van der Waals surface area contributed by atoms with Crippen molar-refractivity contribution in [3.8, 4) is 11.8 Å². The zero-order valence-electron chi connectivity index (χ0n) is 17.9. The Morgan fingerprint density at radius 1 is 0.966 bits per heavy atom. The van der Waals surface area contributed by atoms with Crippen molar-refractivity contribution in [1.82, 2.24) is 0 Å². The van der Waals surface area contributed by atoms with Crippen LogP contribution < -0.4 is 0 Å². The smallest absolute Gasteiger partial charge is 0.131 e. The van der Waals surface area contributed by atoms with E-state index in [1.807, 2.05) is 6.92 Å². The molecule has 1 unspecified atom stereocenters. The van der Waals surface area contributed by atoms with Crippen LogP contribution in [0, 0.1) is 29.1 Å². The van der Waals surface area contributed by atoms with Crippen molar-refractivity contribution in [2.75, 3.05) is 0 Å². The summed E-state index contributed by atoms with van der Waals surface area (Å²) in [6, 6.07) is 10.7. The van der Waals surface area contributed by atoms with Crippen LogP contribution in [0.5, 0.6) is 0 Å². The second kappa shape index (κ2) is 6.73. The third kappa shape index (κ3) is 2.77. The van der Waals surface area contributed by atoms with Gasteiger partial charge in [0, 0.05) is 5.41 Å². The van der Waals surface area contributed by atoms with E-state index < -0.39 is 11.2 Å². The molecule has 6 atom stereocenters. The average molecular weight is 391 g/mol. The molecular formula is C27H34O2. The van der Waals surface area contributed by atoms with E-state index in [2.05, 4.69) is 49.1 Å². The van der Waals surface area contributed by atoms with Crippen LogP contribution >= 0.6 is 0 Å². The molecule has 4 aliphatic rings. The first kappa shape index (κ1) is 19.4. The summed E-state index contributed by atoms with van der Waals surface area (Å²) < 4.78 is 0. The highest BCUT2D eigenvalue weighted by Gasteiger charge is 2.61.